The lowest BCUT2D eigenvalue weighted by molar-refractivity contribution is 0.506. The van der Waals surface area contributed by atoms with Crippen LogP contribution in [0.3, 0.4) is 0 Å². The zero-order chi connectivity index (χ0) is 12.1. The molecule has 0 radical (unpaired) electrons. The molecule has 1 rings (SSSR count). The molecule has 0 unspecified atom stereocenters. The van der Waals surface area contributed by atoms with Crippen LogP contribution in [-0.2, 0) is 0 Å². The summed E-state index contributed by atoms with van der Waals surface area (Å²) in [6.45, 7) is 2.03. The Morgan fingerprint density at radius 2 is 1.88 bits per heavy atom. The van der Waals surface area contributed by atoms with Gasteiger partial charge in [-0.1, -0.05) is 17.7 Å². The van der Waals surface area contributed by atoms with Gasteiger partial charge in [-0.25, -0.2) is 0 Å². The number of anilines is 1. The third-order valence-corrected chi connectivity index (χ3v) is 2.14. The number of nitrogens with one attached hydrogen (secondary N) is 2. The van der Waals surface area contributed by atoms with E-state index in [1.165, 1.54) is 5.56 Å². The summed E-state index contributed by atoms with van der Waals surface area (Å²) in [6, 6.07) is 7.86. The number of amidine groups is 1. The van der Waals surface area contributed by atoms with Gasteiger partial charge in [0.2, 0.25) is 0 Å². The average Bonchev–Trinajstić information content (AvgIpc) is 2.21. The van der Waals surface area contributed by atoms with E-state index < -0.39 is 0 Å². The van der Waals surface area contributed by atoms with Gasteiger partial charge in [0, 0.05) is 25.9 Å². The molecule has 0 bridgehead atoms. The summed E-state index contributed by atoms with van der Waals surface area (Å²) in [5.74, 6) is 0.819. The summed E-state index contributed by atoms with van der Waals surface area (Å²) in [5, 5.41) is 10.7. The minimum Gasteiger partial charge on any atom is -0.385 e. The quantitative estimate of drug-likeness (QED) is 0.535. The molecule has 0 heterocycles. The zero-order valence-corrected chi connectivity index (χ0v) is 9.91. The van der Waals surface area contributed by atoms with Crippen molar-refractivity contribution < 1.29 is 0 Å². The van der Waals surface area contributed by atoms with Crippen LogP contribution < -0.4 is 11.1 Å². The number of benzene rings is 1. The maximum Gasteiger partial charge on any atom is 0.126 e. The third-order valence-electron chi connectivity index (χ3n) is 2.14. The summed E-state index contributed by atoms with van der Waals surface area (Å²) in [6.07, 6.45) is 1.58. The molecule has 4 heteroatoms. The summed E-state index contributed by atoms with van der Waals surface area (Å²) in [5.41, 5.74) is 7.78. The number of rotatable bonds is 3. The molecule has 0 aromatic heterocycles. The van der Waals surface area contributed by atoms with Crippen LogP contribution in [0.25, 0.3) is 0 Å². The number of nitrogens with zero attached hydrogens (tertiary/aromatic N) is 1. The molecule has 0 saturated carbocycles. The van der Waals surface area contributed by atoms with Crippen molar-refractivity contribution in [1.82, 2.24) is 4.90 Å². The maximum absolute atomic E-state index is 7.71. The fourth-order valence-corrected chi connectivity index (χ4v) is 1.11. The first-order valence-corrected chi connectivity index (χ1v) is 5.06. The lowest BCUT2D eigenvalue weighted by Crippen LogP contribution is -2.21. The van der Waals surface area contributed by atoms with Gasteiger partial charge in [0.25, 0.3) is 0 Å². The van der Waals surface area contributed by atoms with Gasteiger partial charge >= 0.3 is 0 Å². The molecule has 0 fully saturated rings. The second-order valence-electron chi connectivity index (χ2n) is 3.87. The second-order valence-corrected chi connectivity index (χ2v) is 3.87. The van der Waals surface area contributed by atoms with E-state index in [-0.39, 0.29) is 5.84 Å². The SMILES string of the molecule is Cc1ccc(NC(=N)/C=C(\N)N(C)C)cc1. The van der Waals surface area contributed by atoms with Gasteiger partial charge in [0.1, 0.15) is 11.7 Å². The van der Waals surface area contributed by atoms with Crippen molar-refractivity contribution in [2.24, 2.45) is 5.73 Å². The van der Waals surface area contributed by atoms with Gasteiger partial charge < -0.3 is 16.0 Å². The van der Waals surface area contributed by atoms with E-state index in [0.717, 1.165) is 5.69 Å². The minimum absolute atomic E-state index is 0.273. The normalized spacial score (nSPS) is 11.1. The molecule has 1 aromatic carbocycles. The molecule has 0 atom stereocenters. The van der Waals surface area contributed by atoms with Crippen molar-refractivity contribution in [2.45, 2.75) is 6.92 Å². The Kier molecular flexibility index (Phi) is 3.94. The number of aryl methyl sites for hydroxylation is 1. The molecule has 0 amide bonds. The van der Waals surface area contributed by atoms with Crippen molar-refractivity contribution in [3.63, 3.8) is 0 Å². The summed E-state index contributed by atoms with van der Waals surface area (Å²) < 4.78 is 0. The molecule has 0 saturated heterocycles. The summed E-state index contributed by atoms with van der Waals surface area (Å²) >= 11 is 0. The third kappa shape index (κ3) is 3.65. The Morgan fingerprint density at radius 1 is 1.31 bits per heavy atom. The molecule has 1 aromatic rings. The van der Waals surface area contributed by atoms with E-state index in [1.807, 2.05) is 45.3 Å². The summed E-state index contributed by atoms with van der Waals surface area (Å²) in [4.78, 5) is 1.76. The molecule has 0 aliphatic rings. The van der Waals surface area contributed by atoms with Crippen LogP contribution in [0.15, 0.2) is 36.2 Å². The standard InChI is InChI=1S/C12H18N4/c1-9-4-6-10(7-5-9)15-11(13)8-12(14)16(2)3/h4-8H,14H2,1-3H3,(H2,13,15)/b12-8+. The molecule has 4 nitrogen and oxygen atoms in total. The van der Waals surface area contributed by atoms with Crippen molar-refractivity contribution in [3.8, 4) is 0 Å². The number of hydrogen-bond donors (Lipinski definition) is 3. The molecule has 0 aliphatic carbocycles. The molecule has 86 valence electrons. The largest absolute Gasteiger partial charge is 0.385 e. The van der Waals surface area contributed by atoms with Gasteiger partial charge in [0.15, 0.2) is 0 Å². The van der Waals surface area contributed by atoms with Crippen LogP contribution in [0, 0.1) is 12.3 Å². The molecular formula is C12H18N4. The van der Waals surface area contributed by atoms with Gasteiger partial charge in [-0.15, -0.1) is 0 Å². The molecule has 0 aliphatic heterocycles. The topological polar surface area (TPSA) is 65.1 Å². The monoisotopic (exact) mass is 218 g/mol. The van der Waals surface area contributed by atoms with Crippen LogP contribution in [0.4, 0.5) is 5.69 Å². The molecule has 4 N–H and O–H groups in total. The minimum atomic E-state index is 0.273. The van der Waals surface area contributed by atoms with Crippen molar-refractivity contribution in [1.29, 1.82) is 5.41 Å². The zero-order valence-electron chi connectivity index (χ0n) is 9.91. The highest BCUT2D eigenvalue weighted by Crippen LogP contribution is 2.08. The summed E-state index contributed by atoms with van der Waals surface area (Å²) in [7, 11) is 3.68. The maximum atomic E-state index is 7.71. The predicted molar refractivity (Wildman–Crippen MR) is 68.5 cm³/mol. The lowest BCUT2D eigenvalue weighted by atomic mass is 10.2. The lowest BCUT2D eigenvalue weighted by Gasteiger charge is -2.12. The predicted octanol–water partition coefficient (Wildman–Crippen LogP) is 1.75. The number of nitrogens with two attached hydrogens (primary N) is 1. The Bertz CT molecular complexity index is 390. The fourth-order valence-electron chi connectivity index (χ4n) is 1.11. The molecule has 0 spiro atoms. The average molecular weight is 218 g/mol. The van der Waals surface area contributed by atoms with E-state index in [1.54, 1.807) is 11.0 Å². The van der Waals surface area contributed by atoms with Crippen molar-refractivity contribution in [2.75, 3.05) is 19.4 Å². The van der Waals surface area contributed by atoms with Crippen LogP contribution in [-0.4, -0.2) is 24.8 Å². The fraction of sp³-hybridized carbons (Fsp3) is 0.250. The van der Waals surface area contributed by atoms with Crippen molar-refractivity contribution >= 4 is 11.5 Å². The van der Waals surface area contributed by atoms with Gasteiger partial charge in [-0.3, -0.25) is 5.41 Å². The highest BCUT2D eigenvalue weighted by molar-refractivity contribution is 6.01. The Labute approximate surface area is 96.3 Å². The first kappa shape index (κ1) is 12.1. The highest BCUT2D eigenvalue weighted by atomic mass is 15.1. The van der Waals surface area contributed by atoms with Crippen LogP contribution in [0.1, 0.15) is 5.56 Å². The Hall–Kier alpha value is -1.97. The van der Waals surface area contributed by atoms with Gasteiger partial charge in [-0.05, 0) is 19.1 Å². The van der Waals surface area contributed by atoms with Crippen LogP contribution >= 0.6 is 0 Å². The Balaban J connectivity index is 2.65. The highest BCUT2D eigenvalue weighted by Gasteiger charge is 1.97. The van der Waals surface area contributed by atoms with E-state index in [2.05, 4.69) is 5.32 Å². The van der Waals surface area contributed by atoms with Crippen LogP contribution in [0.2, 0.25) is 0 Å². The van der Waals surface area contributed by atoms with E-state index in [4.69, 9.17) is 11.1 Å². The second kappa shape index (κ2) is 5.21. The molecular weight excluding hydrogens is 200 g/mol. The molecule has 16 heavy (non-hydrogen) atoms. The van der Waals surface area contributed by atoms with Crippen molar-refractivity contribution in [3.05, 3.63) is 41.7 Å². The van der Waals surface area contributed by atoms with E-state index in [9.17, 15) is 0 Å². The Morgan fingerprint density at radius 3 is 2.38 bits per heavy atom. The van der Waals surface area contributed by atoms with E-state index in [0.29, 0.717) is 5.82 Å². The van der Waals surface area contributed by atoms with Gasteiger partial charge in [0.05, 0.1) is 0 Å². The first-order chi connectivity index (χ1) is 7.49. The number of hydrogen-bond acceptors (Lipinski definition) is 3. The smallest absolute Gasteiger partial charge is 0.126 e. The first-order valence-electron chi connectivity index (χ1n) is 5.06. The van der Waals surface area contributed by atoms with Crippen LogP contribution in [0.5, 0.6) is 0 Å². The van der Waals surface area contributed by atoms with Gasteiger partial charge in [-0.2, -0.15) is 0 Å². The van der Waals surface area contributed by atoms with E-state index >= 15 is 0 Å².